The predicted octanol–water partition coefficient (Wildman–Crippen LogP) is 9.90. The Morgan fingerprint density at radius 1 is 0.600 bits per heavy atom. The highest BCUT2D eigenvalue weighted by Crippen LogP contribution is 2.33. The fourth-order valence-electron chi connectivity index (χ4n) is 4.16. The third kappa shape index (κ3) is 10.8. The van der Waals surface area contributed by atoms with Gasteiger partial charge in [0.2, 0.25) is 0 Å². The molecule has 2 rings (SSSR count). The van der Waals surface area contributed by atoms with Gasteiger partial charge in [-0.3, -0.25) is 0 Å². The first kappa shape index (κ1) is 25.1. The van der Waals surface area contributed by atoms with Gasteiger partial charge in [-0.2, -0.15) is 0 Å². The van der Waals surface area contributed by atoms with E-state index in [-0.39, 0.29) is 0 Å². The summed E-state index contributed by atoms with van der Waals surface area (Å²) in [7, 11) is 0. The lowest BCUT2D eigenvalue weighted by Crippen LogP contribution is -1.85. The maximum Gasteiger partial charge on any atom is 0.129 e. The average molecular weight is 429 g/mol. The lowest BCUT2D eigenvalue weighted by Gasteiger charge is -2.07. The van der Waals surface area contributed by atoms with Gasteiger partial charge in [-0.05, 0) is 35.1 Å². The van der Waals surface area contributed by atoms with Crippen molar-refractivity contribution < 1.29 is 5.11 Å². The smallest absolute Gasteiger partial charge is 0.129 e. The van der Waals surface area contributed by atoms with E-state index in [1.165, 1.54) is 108 Å². The Bertz CT molecular complexity index is 681. The van der Waals surface area contributed by atoms with Gasteiger partial charge in [-0.25, -0.2) is 0 Å². The Kier molecular flexibility index (Phi) is 13.8. The zero-order chi connectivity index (χ0) is 21.3. The molecule has 0 atom stereocenters. The largest absolute Gasteiger partial charge is 0.507 e. The highest BCUT2D eigenvalue weighted by molar-refractivity contribution is 7.99. The van der Waals surface area contributed by atoms with Gasteiger partial charge in [0, 0.05) is 4.90 Å². The second-order valence-corrected chi connectivity index (χ2v) is 9.96. The zero-order valence-corrected chi connectivity index (χ0v) is 20.2. The Labute approximate surface area is 190 Å². The molecule has 0 unspecified atom stereocenters. The van der Waals surface area contributed by atoms with E-state index in [4.69, 9.17) is 0 Å². The van der Waals surface area contributed by atoms with E-state index < -0.39 is 0 Å². The van der Waals surface area contributed by atoms with Crippen LogP contribution in [0.25, 0.3) is 10.8 Å². The zero-order valence-electron chi connectivity index (χ0n) is 19.3. The molecule has 0 aliphatic heterocycles. The summed E-state index contributed by atoms with van der Waals surface area (Å²) < 4.78 is 0. The molecule has 2 aromatic carbocycles. The van der Waals surface area contributed by atoms with Crippen LogP contribution in [0.5, 0.6) is 5.75 Å². The summed E-state index contributed by atoms with van der Waals surface area (Å²) in [5.74, 6) is 1.53. The molecule has 0 fully saturated rings. The second-order valence-electron chi connectivity index (χ2n) is 8.82. The van der Waals surface area contributed by atoms with Crippen molar-refractivity contribution in [3.05, 3.63) is 36.4 Å². The molecule has 2 aromatic rings. The van der Waals surface area contributed by atoms with Crippen molar-refractivity contribution in [1.82, 2.24) is 0 Å². The Morgan fingerprint density at radius 2 is 1.03 bits per heavy atom. The lowest BCUT2D eigenvalue weighted by molar-refractivity contribution is 0.463. The van der Waals surface area contributed by atoms with Crippen LogP contribution in [0.1, 0.15) is 110 Å². The summed E-state index contributed by atoms with van der Waals surface area (Å²) in [5, 5.41) is 12.5. The molecule has 2 heteroatoms. The van der Waals surface area contributed by atoms with Crippen molar-refractivity contribution >= 4 is 22.5 Å². The van der Waals surface area contributed by atoms with Crippen LogP contribution in [0.2, 0.25) is 0 Å². The first-order valence-electron chi connectivity index (χ1n) is 12.7. The van der Waals surface area contributed by atoms with Crippen molar-refractivity contribution in [3.63, 3.8) is 0 Å². The predicted molar refractivity (Wildman–Crippen MR) is 136 cm³/mol. The van der Waals surface area contributed by atoms with Crippen molar-refractivity contribution in [2.75, 3.05) is 5.75 Å². The SMILES string of the molecule is CCCCCCCCCCCCCCCCCCSc1cc2ccccc2cc1O. The number of phenols is 1. The minimum atomic E-state index is 0.426. The van der Waals surface area contributed by atoms with E-state index >= 15 is 0 Å². The van der Waals surface area contributed by atoms with E-state index in [2.05, 4.69) is 31.2 Å². The fourth-order valence-corrected chi connectivity index (χ4v) is 5.14. The molecule has 0 saturated carbocycles. The van der Waals surface area contributed by atoms with Gasteiger partial charge in [0.25, 0.3) is 0 Å². The average Bonchev–Trinajstić information content (AvgIpc) is 2.76. The molecule has 30 heavy (non-hydrogen) atoms. The highest BCUT2D eigenvalue weighted by atomic mass is 32.2. The third-order valence-corrected chi connectivity index (χ3v) is 7.21. The summed E-state index contributed by atoms with van der Waals surface area (Å²) in [6, 6.07) is 12.3. The Hall–Kier alpha value is -1.15. The molecule has 0 spiro atoms. The first-order valence-corrected chi connectivity index (χ1v) is 13.6. The summed E-state index contributed by atoms with van der Waals surface area (Å²) in [6.45, 7) is 2.29. The van der Waals surface area contributed by atoms with Crippen molar-refractivity contribution in [1.29, 1.82) is 0 Å². The normalized spacial score (nSPS) is 11.4. The van der Waals surface area contributed by atoms with Crippen LogP contribution in [0, 0.1) is 0 Å². The number of benzene rings is 2. The molecular formula is C28H44OS. The number of unbranched alkanes of at least 4 members (excludes halogenated alkanes) is 15. The molecule has 0 aromatic heterocycles. The van der Waals surface area contributed by atoms with E-state index in [1.807, 2.05) is 12.1 Å². The molecule has 1 N–H and O–H groups in total. The van der Waals surface area contributed by atoms with Gasteiger partial charge in [-0.15, -0.1) is 11.8 Å². The lowest BCUT2D eigenvalue weighted by atomic mass is 10.0. The number of fused-ring (bicyclic) bond motifs is 1. The van der Waals surface area contributed by atoms with E-state index in [9.17, 15) is 5.11 Å². The van der Waals surface area contributed by atoms with Crippen molar-refractivity contribution in [3.8, 4) is 5.75 Å². The van der Waals surface area contributed by atoms with Gasteiger partial charge in [0.05, 0.1) is 0 Å². The number of thioether (sulfide) groups is 1. The quantitative estimate of drug-likeness (QED) is 0.188. The topological polar surface area (TPSA) is 20.2 Å². The first-order chi connectivity index (χ1) is 14.8. The van der Waals surface area contributed by atoms with E-state index in [1.54, 1.807) is 11.8 Å². The molecular weight excluding hydrogens is 384 g/mol. The van der Waals surface area contributed by atoms with Crippen LogP contribution in [-0.2, 0) is 0 Å². The van der Waals surface area contributed by atoms with Crippen LogP contribution in [0.15, 0.2) is 41.3 Å². The number of hydrogen-bond acceptors (Lipinski definition) is 2. The molecule has 1 nitrogen and oxygen atoms in total. The standard InChI is InChI=1S/C28H44OS/c1-2-3-4-5-6-7-8-9-10-11-12-13-14-15-16-19-22-30-28-24-26-21-18-17-20-25(26)23-27(28)29/h17-18,20-21,23-24,29H,2-16,19,22H2,1H3. The second kappa shape index (κ2) is 16.5. The fraction of sp³-hybridized carbons (Fsp3) is 0.643. The summed E-state index contributed by atoms with van der Waals surface area (Å²) >= 11 is 1.80. The molecule has 168 valence electrons. The molecule has 0 radical (unpaired) electrons. The highest BCUT2D eigenvalue weighted by Gasteiger charge is 2.04. The summed E-state index contributed by atoms with van der Waals surface area (Å²) in [6.07, 6.45) is 22.5. The van der Waals surface area contributed by atoms with Crippen molar-refractivity contribution in [2.24, 2.45) is 0 Å². The van der Waals surface area contributed by atoms with E-state index in [0.717, 1.165) is 16.0 Å². The number of rotatable bonds is 18. The molecule has 0 aliphatic carbocycles. The van der Waals surface area contributed by atoms with Crippen LogP contribution < -0.4 is 0 Å². The van der Waals surface area contributed by atoms with Crippen LogP contribution in [0.3, 0.4) is 0 Å². The van der Waals surface area contributed by atoms with Gasteiger partial charge in [-0.1, -0.05) is 128 Å². The Morgan fingerprint density at radius 3 is 1.53 bits per heavy atom. The van der Waals surface area contributed by atoms with Crippen LogP contribution >= 0.6 is 11.8 Å². The molecule has 0 amide bonds. The van der Waals surface area contributed by atoms with Crippen LogP contribution in [-0.4, -0.2) is 10.9 Å². The minimum absolute atomic E-state index is 0.426. The van der Waals surface area contributed by atoms with Gasteiger partial charge in [0.15, 0.2) is 0 Å². The van der Waals surface area contributed by atoms with Gasteiger partial charge >= 0.3 is 0 Å². The van der Waals surface area contributed by atoms with Crippen molar-refractivity contribution in [2.45, 2.75) is 115 Å². The number of aromatic hydroxyl groups is 1. The summed E-state index contributed by atoms with van der Waals surface area (Å²) in [4.78, 5) is 1.02. The molecule has 0 saturated heterocycles. The summed E-state index contributed by atoms with van der Waals surface area (Å²) in [5.41, 5.74) is 0. The maximum absolute atomic E-state index is 10.2. The van der Waals surface area contributed by atoms with Gasteiger partial charge < -0.3 is 5.11 Å². The van der Waals surface area contributed by atoms with E-state index in [0.29, 0.717) is 5.75 Å². The van der Waals surface area contributed by atoms with Gasteiger partial charge in [0.1, 0.15) is 5.75 Å². The maximum atomic E-state index is 10.2. The Balaban J connectivity index is 1.37. The van der Waals surface area contributed by atoms with Crippen LogP contribution in [0.4, 0.5) is 0 Å². The minimum Gasteiger partial charge on any atom is -0.507 e. The molecule has 0 heterocycles. The number of hydrogen-bond donors (Lipinski definition) is 1. The third-order valence-electron chi connectivity index (χ3n) is 6.08. The number of phenolic OH excluding ortho intramolecular Hbond substituents is 1. The monoisotopic (exact) mass is 428 g/mol. The molecule has 0 aliphatic rings. The molecule has 0 bridgehead atoms.